The molecule has 2 aromatic rings. The summed E-state index contributed by atoms with van der Waals surface area (Å²) in [5.74, 6) is 0.954. The van der Waals surface area contributed by atoms with Gasteiger partial charge in [0.2, 0.25) is 0 Å². The van der Waals surface area contributed by atoms with Gasteiger partial charge in [0, 0.05) is 18.0 Å². The van der Waals surface area contributed by atoms with Gasteiger partial charge in [0.1, 0.15) is 17.0 Å². The first-order chi connectivity index (χ1) is 11.8. The molecule has 2 aliphatic heterocycles. The van der Waals surface area contributed by atoms with Crippen LogP contribution in [0.3, 0.4) is 0 Å². The normalized spacial score (nSPS) is 25.4. The number of rotatable bonds is 4. The van der Waals surface area contributed by atoms with Gasteiger partial charge in [-0.1, -0.05) is 6.92 Å². The van der Waals surface area contributed by atoms with Crippen LogP contribution in [-0.4, -0.2) is 66.5 Å². The lowest BCUT2D eigenvalue weighted by molar-refractivity contribution is 0.0130. The van der Waals surface area contributed by atoms with Crippen molar-refractivity contribution in [3.8, 4) is 0 Å². The fraction of sp³-hybridized carbons (Fsp3) is 0.647. The maximum absolute atomic E-state index is 5.78. The summed E-state index contributed by atoms with van der Waals surface area (Å²) >= 11 is 1.75. The van der Waals surface area contributed by atoms with Gasteiger partial charge < -0.3 is 14.8 Å². The number of hydrogen-bond donors (Lipinski definition) is 1. The zero-order valence-corrected chi connectivity index (χ0v) is 15.1. The highest BCUT2D eigenvalue weighted by Gasteiger charge is 2.34. The number of fused-ring (bicyclic) bond motifs is 1. The van der Waals surface area contributed by atoms with Gasteiger partial charge in [0.25, 0.3) is 0 Å². The van der Waals surface area contributed by atoms with Crippen molar-refractivity contribution in [2.24, 2.45) is 0 Å². The molecule has 2 fully saturated rings. The third kappa shape index (κ3) is 2.90. The molecule has 6 nitrogen and oxygen atoms in total. The Bertz CT molecular complexity index is 714. The second-order valence-corrected chi connectivity index (χ2v) is 7.60. The summed E-state index contributed by atoms with van der Waals surface area (Å²) in [7, 11) is 0. The zero-order valence-electron chi connectivity index (χ0n) is 14.2. The Morgan fingerprint density at radius 1 is 1.25 bits per heavy atom. The van der Waals surface area contributed by atoms with Gasteiger partial charge >= 0.3 is 0 Å². The van der Waals surface area contributed by atoms with Crippen LogP contribution in [0.2, 0.25) is 0 Å². The monoisotopic (exact) mass is 348 g/mol. The number of hydrogen-bond acceptors (Lipinski definition) is 7. The molecule has 1 N–H and O–H groups in total. The van der Waals surface area contributed by atoms with Gasteiger partial charge in [0.05, 0.1) is 43.9 Å². The number of ether oxygens (including phenoxy) is 2. The average molecular weight is 348 g/mol. The number of thiophene rings is 1. The van der Waals surface area contributed by atoms with E-state index < -0.39 is 0 Å². The van der Waals surface area contributed by atoms with Crippen LogP contribution in [0.15, 0.2) is 6.33 Å². The highest BCUT2D eigenvalue weighted by molar-refractivity contribution is 7.18. The molecule has 0 unspecified atom stereocenters. The van der Waals surface area contributed by atoms with Gasteiger partial charge in [-0.05, 0) is 18.9 Å². The number of anilines is 1. The summed E-state index contributed by atoms with van der Waals surface area (Å²) in [4.78, 5) is 13.9. The SMILES string of the molecule is CCc1c(C)sc2ncnc(N[C@@H]3COC[C@H]3N3CCOCC3)c12. The minimum atomic E-state index is 0.256. The quantitative estimate of drug-likeness (QED) is 0.913. The Morgan fingerprint density at radius 3 is 2.88 bits per heavy atom. The lowest BCUT2D eigenvalue weighted by Crippen LogP contribution is -2.50. The van der Waals surface area contributed by atoms with Crippen molar-refractivity contribution in [2.45, 2.75) is 32.4 Å². The molecule has 0 aliphatic carbocycles. The molecule has 0 radical (unpaired) electrons. The van der Waals surface area contributed by atoms with Gasteiger partial charge in [-0.3, -0.25) is 4.90 Å². The first-order valence-corrected chi connectivity index (χ1v) is 9.48. The second kappa shape index (κ2) is 6.92. The summed E-state index contributed by atoms with van der Waals surface area (Å²) in [5, 5.41) is 4.86. The maximum atomic E-state index is 5.78. The summed E-state index contributed by atoms with van der Waals surface area (Å²) in [6.45, 7) is 9.43. The van der Waals surface area contributed by atoms with E-state index in [2.05, 4.69) is 34.0 Å². The third-order valence-electron chi connectivity index (χ3n) is 5.03. The first-order valence-electron chi connectivity index (χ1n) is 8.67. The van der Waals surface area contributed by atoms with E-state index in [0.717, 1.165) is 56.6 Å². The van der Waals surface area contributed by atoms with E-state index in [1.165, 1.54) is 15.8 Å². The number of aryl methyl sites for hydroxylation is 2. The summed E-state index contributed by atoms with van der Waals surface area (Å²) in [6, 6.07) is 0.634. The fourth-order valence-corrected chi connectivity index (χ4v) is 4.84. The van der Waals surface area contributed by atoms with Crippen LogP contribution >= 0.6 is 11.3 Å². The van der Waals surface area contributed by atoms with Gasteiger partial charge in [-0.2, -0.15) is 0 Å². The minimum Gasteiger partial charge on any atom is -0.379 e. The Hall–Kier alpha value is -1.28. The molecule has 2 saturated heterocycles. The van der Waals surface area contributed by atoms with E-state index in [9.17, 15) is 0 Å². The van der Waals surface area contributed by atoms with E-state index in [-0.39, 0.29) is 6.04 Å². The topological polar surface area (TPSA) is 59.5 Å². The molecule has 0 aromatic carbocycles. The van der Waals surface area contributed by atoms with Crippen molar-refractivity contribution in [2.75, 3.05) is 44.8 Å². The smallest absolute Gasteiger partial charge is 0.138 e. The molecule has 0 amide bonds. The maximum Gasteiger partial charge on any atom is 0.138 e. The van der Waals surface area contributed by atoms with Crippen LogP contribution in [0.1, 0.15) is 17.4 Å². The zero-order chi connectivity index (χ0) is 16.5. The van der Waals surface area contributed by atoms with Crippen molar-refractivity contribution in [3.05, 3.63) is 16.8 Å². The number of nitrogens with one attached hydrogen (secondary N) is 1. The Balaban J connectivity index is 1.61. The first kappa shape index (κ1) is 16.2. The van der Waals surface area contributed by atoms with Crippen molar-refractivity contribution in [3.63, 3.8) is 0 Å². The summed E-state index contributed by atoms with van der Waals surface area (Å²) < 4.78 is 11.3. The van der Waals surface area contributed by atoms with Crippen molar-refractivity contribution >= 4 is 27.4 Å². The number of nitrogens with zero attached hydrogens (tertiary/aromatic N) is 3. The van der Waals surface area contributed by atoms with Crippen molar-refractivity contribution in [1.82, 2.24) is 14.9 Å². The van der Waals surface area contributed by atoms with Crippen LogP contribution in [-0.2, 0) is 15.9 Å². The minimum absolute atomic E-state index is 0.256. The van der Waals surface area contributed by atoms with Gasteiger partial charge in [0.15, 0.2) is 0 Å². The molecule has 24 heavy (non-hydrogen) atoms. The van der Waals surface area contributed by atoms with E-state index in [1.54, 1.807) is 17.7 Å². The lowest BCUT2D eigenvalue weighted by Gasteiger charge is -2.34. The number of aromatic nitrogens is 2. The average Bonchev–Trinajstić information content (AvgIpc) is 3.19. The summed E-state index contributed by atoms with van der Waals surface area (Å²) in [5.41, 5.74) is 1.36. The van der Waals surface area contributed by atoms with Crippen LogP contribution < -0.4 is 5.32 Å². The predicted octanol–water partition coefficient (Wildman–Crippen LogP) is 2.07. The Labute approximate surface area is 146 Å². The van der Waals surface area contributed by atoms with Crippen LogP contribution in [0.25, 0.3) is 10.2 Å². The largest absolute Gasteiger partial charge is 0.379 e. The molecule has 4 rings (SSSR count). The van der Waals surface area contributed by atoms with Crippen LogP contribution in [0.4, 0.5) is 5.82 Å². The molecular weight excluding hydrogens is 324 g/mol. The molecule has 7 heteroatoms. The Kier molecular flexibility index (Phi) is 4.67. The molecule has 2 atom stereocenters. The van der Waals surface area contributed by atoms with Crippen molar-refractivity contribution < 1.29 is 9.47 Å². The molecule has 0 spiro atoms. The van der Waals surface area contributed by atoms with E-state index in [1.807, 2.05) is 0 Å². The van der Waals surface area contributed by atoms with Crippen molar-refractivity contribution in [1.29, 1.82) is 0 Å². The molecule has 2 aliphatic rings. The van der Waals surface area contributed by atoms with Crippen LogP contribution in [0, 0.1) is 6.92 Å². The molecular formula is C17H24N4O2S. The third-order valence-corrected chi connectivity index (χ3v) is 6.09. The van der Waals surface area contributed by atoms with E-state index in [0.29, 0.717) is 6.04 Å². The molecule has 0 bridgehead atoms. The molecule has 4 heterocycles. The van der Waals surface area contributed by atoms with Crippen LogP contribution in [0.5, 0.6) is 0 Å². The molecule has 2 aromatic heterocycles. The van der Waals surface area contributed by atoms with E-state index in [4.69, 9.17) is 9.47 Å². The summed E-state index contributed by atoms with van der Waals surface area (Å²) in [6.07, 6.45) is 2.67. The van der Waals surface area contributed by atoms with Gasteiger partial charge in [-0.15, -0.1) is 11.3 Å². The Morgan fingerprint density at radius 2 is 2.08 bits per heavy atom. The predicted molar refractivity (Wildman–Crippen MR) is 95.9 cm³/mol. The standard InChI is InChI=1S/C17H24N4O2S/c1-3-12-11(2)24-17-15(12)16(18-10-19-17)20-13-8-23-9-14(13)21-4-6-22-7-5-21/h10,13-14H,3-9H2,1-2H3,(H,18,19,20)/t13-,14-/m1/s1. The fourth-order valence-electron chi connectivity index (χ4n) is 3.76. The van der Waals surface area contributed by atoms with Gasteiger partial charge in [-0.25, -0.2) is 9.97 Å². The number of morpholine rings is 1. The highest BCUT2D eigenvalue weighted by Crippen LogP contribution is 2.34. The molecule has 130 valence electrons. The second-order valence-electron chi connectivity index (χ2n) is 6.40. The van der Waals surface area contributed by atoms with E-state index >= 15 is 0 Å². The lowest BCUT2D eigenvalue weighted by atomic mass is 10.1. The highest BCUT2D eigenvalue weighted by atomic mass is 32.1. The molecule has 0 saturated carbocycles.